The third-order valence-electron chi connectivity index (χ3n) is 4.00. The number of amides is 1. The lowest BCUT2D eigenvalue weighted by atomic mass is 10.2. The summed E-state index contributed by atoms with van der Waals surface area (Å²) in [6.07, 6.45) is 4.80. The number of nitrogens with zero attached hydrogens (tertiary/aromatic N) is 3. The second-order valence-corrected chi connectivity index (χ2v) is 5.92. The van der Waals surface area contributed by atoms with Gasteiger partial charge >= 0.3 is 0 Å². The maximum absolute atomic E-state index is 11.9. The molecule has 5 nitrogen and oxygen atoms in total. The first kappa shape index (κ1) is 15.9. The zero-order valence-corrected chi connectivity index (χ0v) is 13.1. The highest BCUT2D eigenvalue weighted by atomic mass is 16.2. The molecule has 0 radical (unpaired) electrons. The summed E-state index contributed by atoms with van der Waals surface area (Å²) in [7, 11) is 4.21. The van der Waals surface area contributed by atoms with E-state index >= 15 is 0 Å². The molecule has 5 heteroatoms. The fourth-order valence-corrected chi connectivity index (χ4v) is 2.68. The van der Waals surface area contributed by atoms with Gasteiger partial charge in [0.05, 0.1) is 6.54 Å². The van der Waals surface area contributed by atoms with E-state index in [0.29, 0.717) is 12.6 Å². The molecule has 1 aromatic rings. The molecule has 0 aromatic carbocycles. The Morgan fingerprint density at radius 2 is 2.33 bits per heavy atom. The van der Waals surface area contributed by atoms with Crippen molar-refractivity contribution in [3.8, 4) is 0 Å². The molecule has 21 heavy (non-hydrogen) atoms. The normalized spacial score (nSPS) is 19.1. The molecule has 1 fully saturated rings. The molecule has 1 aliphatic rings. The summed E-state index contributed by atoms with van der Waals surface area (Å²) in [5.74, 6) is 0.135. The van der Waals surface area contributed by atoms with Gasteiger partial charge in [-0.05, 0) is 45.5 Å². The molecule has 1 unspecified atom stereocenters. The van der Waals surface area contributed by atoms with E-state index in [0.717, 1.165) is 44.6 Å². The molecule has 1 saturated heterocycles. The standard InChI is InChI=1S/C16H26N4O/c1-19(2)15-8-11-20(12-15)13-16(21)18-10-5-7-14-6-3-4-9-17-14/h3-4,6,9,15H,5,7-8,10-13H2,1-2H3,(H,18,21). The SMILES string of the molecule is CN(C)C1CCN(CC(=O)NCCCc2ccccn2)C1. The lowest BCUT2D eigenvalue weighted by Gasteiger charge is -2.20. The smallest absolute Gasteiger partial charge is 0.234 e. The minimum absolute atomic E-state index is 0.135. The number of hydrogen-bond acceptors (Lipinski definition) is 4. The molecule has 0 bridgehead atoms. The van der Waals surface area contributed by atoms with Crippen LogP contribution in [0.2, 0.25) is 0 Å². The van der Waals surface area contributed by atoms with Crippen molar-refractivity contribution in [2.75, 3.05) is 40.3 Å². The minimum atomic E-state index is 0.135. The average Bonchev–Trinajstić information content (AvgIpc) is 2.93. The Kier molecular flexibility index (Phi) is 6.14. The molecule has 1 atom stereocenters. The van der Waals surface area contributed by atoms with E-state index in [-0.39, 0.29) is 5.91 Å². The number of rotatable bonds is 7. The Bertz CT molecular complexity index is 435. The summed E-state index contributed by atoms with van der Waals surface area (Å²) < 4.78 is 0. The third kappa shape index (κ3) is 5.44. The lowest BCUT2D eigenvalue weighted by molar-refractivity contribution is -0.122. The Balaban J connectivity index is 1.58. The fourth-order valence-electron chi connectivity index (χ4n) is 2.68. The molecule has 0 spiro atoms. The highest BCUT2D eigenvalue weighted by Gasteiger charge is 2.24. The first-order valence-corrected chi connectivity index (χ1v) is 7.70. The molecular weight excluding hydrogens is 264 g/mol. The predicted molar refractivity (Wildman–Crippen MR) is 84.1 cm³/mol. The van der Waals surface area contributed by atoms with Gasteiger partial charge in [-0.15, -0.1) is 0 Å². The summed E-state index contributed by atoms with van der Waals surface area (Å²) in [6, 6.07) is 6.52. The van der Waals surface area contributed by atoms with Gasteiger partial charge in [-0.1, -0.05) is 6.07 Å². The molecule has 116 valence electrons. The Hall–Kier alpha value is -1.46. The van der Waals surface area contributed by atoms with Crippen LogP contribution in [0.3, 0.4) is 0 Å². The van der Waals surface area contributed by atoms with Crippen molar-refractivity contribution in [1.29, 1.82) is 0 Å². The van der Waals surface area contributed by atoms with E-state index < -0.39 is 0 Å². The Morgan fingerprint density at radius 1 is 1.48 bits per heavy atom. The maximum Gasteiger partial charge on any atom is 0.234 e. The summed E-state index contributed by atoms with van der Waals surface area (Å²) in [4.78, 5) is 20.7. The quantitative estimate of drug-likeness (QED) is 0.754. The van der Waals surface area contributed by atoms with E-state index in [1.807, 2.05) is 24.4 Å². The number of aromatic nitrogens is 1. The summed E-state index contributed by atoms with van der Waals surface area (Å²) in [5, 5.41) is 3.00. The van der Waals surface area contributed by atoms with Crippen molar-refractivity contribution in [3.05, 3.63) is 30.1 Å². The van der Waals surface area contributed by atoms with Crippen LogP contribution < -0.4 is 5.32 Å². The van der Waals surface area contributed by atoms with Crippen molar-refractivity contribution in [2.24, 2.45) is 0 Å². The second-order valence-electron chi connectivity index (χ2n) is 5.92. The number of pyridine rings is 1. The number of carbonyl (C=O) groups excluding carboxylic acids is 1. The molecule has 1 aromatic heterocycles. The fraction of sp³-hybridized carbons (Fsp3) is 0.625. The molecule has 0 saturated carbocycles. The largest absolute Gasteiger partial charge is 0.355 e. The molecule has 2 rings (SSSR count). The number of aryl methyl sites for hydroxylation is 1. The molecule has 1 amide bonds. The second kappa shape index (κ2) is 8.10. The molecule has 1 N–H and O–H groups in total. The number of nitrogens with one attached hydrogen (secondary N) is 1. The van der Waals surface area contributed by atoms with Crippen molar-refractivity contribution in [3.63, 3.8) is 0 Å². The van der Waals surface area contributed by atoms with Crippen LogP contribution >= 0.6 is 0 Å². The molecular formula is C16H26N4O. The Labute approximate surface area is 127 Å². The van der Waals surface area contributed by atoms with Gasteiger partial charge in [0, 0.05) is 37.6 Å². The van der Waals surface area contributed by atoms with Gasteiger partial charge in [-0.2, -0.15) is 0 Å². The van der Waals surface area contributed by atoms with Gasteiger partial charge in [0.2, 0.25) is 5.91 Å². The number of hydrogen-bond donors (Lipinski definition) is 1. The average molecular weight is 290 g/mol. The zero-order valence-electron chi connectivity index (χ0n) is 13.1. The van der Waals surface area contributed by atoms with Gasteiger partial charge in [0.15, 0.2) is 0 Å². The highest BCUT2D eigenvalue weighted by molar-refractivity contribution is 5.78. The number of carbonyl (C=O) groups is 1. The summed E-state index contributed by atoms with van der Waals surface area (Å²) >= 11 is 0. The summed E-state index contributed by atoms with van der Waals surface area (Å²) in [5.41, 5.74) is 1.08. The van der Waals surface area contributed by atoms with Crippen LogP contribution in [0.15, 0.2) is 24.4 Å². The van der Waals surface area contributed by atoms with E-state index in [4.69, 9.17) is 0 Å². The van der Waals surface area contributed by atoms with E-state index in [1.54, 1.807) is 0 Å². The van der Waals surface area contributed by atoms with Crippen LogP contribution in [0.1, 0.15) is 18.5 Å². The van der Waals surface area contributed by atoms with Crippen molar-refractivity contribution in [1.82, 2.24) is 20.1 Å². The van der Waals surface area contributed by atoms with Crippen molar-refractivity contribution < 1.29 is 4.79 Å². The van der Waals surface area contributed by atoms with Gasteiger partial charge < -0.3 is 10.2 Å². The monoisotopic (exact) mass is 290 g/mol. The highest BCUT2D eigenvalue weighted by Crippen LogP contribution is 2.12. The van der Waals surface area contributed by atoms with Crippen molar-refractivity contribution >= 4 is 5.91 Å². The number of likely N-dealkylation sites (tertiary alicyclic amines) is 1. The maximum atomic E-state index is 11.9. The van der Waals surface area contributed by atoms with E-state index in [1.165, 1.54) is 0 Å². The van der Waals surface area contributed by atoms with Crippen LogP contribution in [0.5, 0.6) is 0 Å². The minimum Gasteiger partial charge on any atom is -0.355 e. The van der Waals surface area contributed by atoms with Gasteiger partial charge in [0.25, 0.3) is 0 Å². The van der Waals surface area contributed by atoms with Crippen LogP contribution in [-0.2, 0) is 11.2 Å². The van der Waals surface area contributed by atoms with Gasteiger partial charge in [0.1, 0.15) is 0 Å². The first-order chi connectivity index (χ1) is 10.1. The van der Waals surface area contributed by atoms with Crippen LogP contribution in [-0.4, -0.2) is 67.0 Å². The first-order valence-electron chi connectivity index (χ1n) is 7.70. The topological polar surface area (TPSA) is 48.5 Å². The van der Waals surface area contributed by atoms with Crippen LogP contribution in [0.25, 0.3) is 0 Å². The van der Waals surface area contributed by atoms with Crippen LogP contribution in [0.4, 0.5) is 0 Å². The molecule has 2 heterocycles. The Morgan fingerprint density at radius 3 is 3.00 bits per heavy atom. The van der Waals surface area contributed by atoms with E-state index in [2.05, 4.69) is 34.2 Å². The third-order valence-corrected chi connectivity index (χ3v) is 4.00. The molecule has 0 aliphatic carbocycles. The lowest BCUT2D eigenvalue weighted by Crippen LogP contribution is -2.38. The van der Waals surface area contributed by atoms with E-state index in [9.17, 15) is 4.79 Å². The zero-order chi connectivity index (χ0) is 15.1. The van der Waals surface area contributed by atoms with Crippen molar-refractivity contribution in [2.45, 2.75) is 25.3 Å². The predicted octanol–water partition coefficient (Wildman–Crippen LogP) is 0.766. The van der Waals surface area contributed by atoms with Gasteiger partial charge in [-0.25, -0.2) is 0 Å². The number of likely N-dealkylation sites (N-methyl/N-ethyl adjacent to an activating group) is 1. The summed E-state index contributed by atoms with van der Waals surface area (Å²) in [6.45, 7) is 3.26. The van der Waals surface area contributed by atoms with Gasteiger partial charge in [-0.3, -0.25) is 14.7 Å². The molecule has 1 aliphatic heterocycles. The van der Waals surface area contributed by atoms with Crippen LogP contribution in [0, 0.1) is 0 Å².